The molecule has 1 fully saturated rings. The summed E-state index contributed by atoms with van der Waals surface area (Å²) in [6.45, 7) is 3.13. The van der Waals surface area contributed by atoms with Gasteiger partial charge in [0.25, 0.3) is 5.54 Å². The van der Waals surface area contributed by atoms with E-state index in [9.17, 15) is 35.9 Å². The Hall–Kier alpha value is -2.92. The number of alkyl halides is 6. The molecule has 0 bridgehead atoms. The van der Waals surface area contributed by atoms with Crippen LogP contribution in [-0.4, -0.2) is 50.3 Å². The number of methoxy groups -OCH3 is 2. The first kappa shape index (κ1) is 31.6. The lowest BCUT2D eigenvalue weighted by Crippen LogP contribution is -2.71. The molecule has 6 nitrogen and oxygen atoms in total. The van der Waals surface area contributed by atoms with E-state index < -0.39 is 58.6 Å². The predicted molar refractivity (Wildman–Crippen MR) is 136 cm³/mol. The fraction of sp³-hybridized carbons (Fsp3) is 0.643. The van der Waals surface area contributed by atoms with Crippen LogP contribution in [0, 0.1) is 11.3 Å². The first-order chi connectivity index (χ1) is 18.6. The maximum atomic E-state index is 14.7. The van der Waals surface area contributed by atoms with Crippen molar-refractivity contribution in [3.05, 3.63) is 35.0 Å². The van der Waals surface area contributed by atoms with E-state index in [1.807, 2.05) is 0 Å². The molecule has 1 amide bonds. The Morgan fingerprint density at radius 3 is 2.10 bits per heavy atom. The van der Waals surface area contributed by atoms with Crippen LogP contribution in [0.4, 0.5) is 26.3 Å². The van der Waals surface area contributed by atoms with Crippen LogP contribution in [-0.2, 0) is 16.0 Å². The number of carbonyl (C=O) groups excluding carboxylic acids is 2. The fourth-order valence-corrected chi connectivity index (χ4v) is 5.60. The third-order valence-electron chi connectivity index (χ3n) is 7.59. The number of hydrogen-bond donors (Lipinski definition) is 2. The number of ketones is 1. The highest BCUT2D eigenvalue weighted by molar-refractivity contribution is 6.01. The molecule has 40 heavy (non-hydrogen) atoms. The summed E-state index contributed by atoms with van der Waals surface area (Å²) in [5, 5.41) is 4.05. The van der Waals surface area contributed by atoms with Crippen molar-refractivity contribution in [2.75, 3.05) is 20.8 Å². The van der Waals surface area contributed by atoms with E-state index in [0.29, 0.717) is 29.9 Å². The summed E-state index contributed by atoms with van der Waals surface area (Å²) in [4.78, 5) is 26.1. The summed E-state index contributed by atoms with van der Waals surface area (Å²) in [6.07, 6.45) is -10.4. The van der Waals surface area contributed by atoms with Gasteiger partial charge in [-0.15, -0.1) is 0 Å². The van der Waals surface area contributed by atoms with Gasteiger partial charge in [0.2, 0.25) is 5.91 Å². The third kappa shape index (κ3) is 6.52. The van der Waals surface area contributed by atoms with E-state index in [1.54, 1.807) is 32.0 Å². The number of Topliss-reactive ketones (excluding diaryl/α,β-unsaturated/α-hetero) is 1. The van der Waals surface area contributed by atoms with Gasteiger partial charge in [-0.3, -0.25) is 9.59 Å². The molecular formula is C28H36F6N2O4. The molecule has 0 radical (unpaired) electrons. The molecule has 0 heterocycles. The molecule has 0 aromatic heterocycles. The molecular weight excluding hydrogens is 542 g/mol. The van der Waals surface area contributed by atoms with Gasteiger partial charge in [-0.05, 0) is 48.8 Å². The zero-order valence-corrected chi connectivity index (χ0v) is 23.1. The number of amides is 1. The monoisotopic (exact) mass is 578 g/mol. The summed E-state index contributed by atoms with van der Waals surface area (Å²) >= 11 is 0. The topological polar surface area (TPSA) is 76.7 Å². The van der Waals surface area contributed by atoms with E-state index in [1.165, 1.54) is 19.5 Å². The molecule has 2 aliphatic carbocycles. The number of carbonyl (C=O) groups is 2. The van der Waals surface area contributed by atoms with Crippen LogP contribution in [0.2, 0.25) is 0 Å². The highest BCUT2D eigenvalue weighted by Gasteiger charge is 2.76. The van der Waals surface area contributed by atoms with Crippen LogP contribution in [0.3, 0.4) is 0 Å². The molecule has 1 saturated carbocycles. The number of hydrogen-bond acceptors (Lipinski definition) is 5. The molecule has 0 aliphatic heterocycles. The SMILES string of the molecule is COc1ccc(CCNC2=C(C(NC(=O)C3CCCCC3)(C(F)(F)F)C(F)(F)F)C(=O)CC(C)(C)C2)cc1OC. The van der Waals surface area contributed by atoms with Gasteiger partial charge >= 0.3 is 12.4 Å². The van der Waals surface area contributed by atoms with Gasteiger partial charge in [-0.1, -0.05) is 39.2 Å². The standard InChI is InChI=1S/C28H36F6N2O4/c1-25(2)15-19(35-13-12-17-10-11-21(39-3)22(14-17)40-4)23(20(37)16-25)26(27(29,30)31,28(32,33)34)36-24(38)18-8-6-5-7-9-18/h10-11,14,18,35H,5-9,12-13,15-16H2,1-4H3,(H,36,38). The zero-order valence-electron chi connectivity index (χ0n) is 23.1. The van der Waals surface area contributed by atoms with E-state index >= 15 is 0 Å². The molecule has 0 spiro atoms. The molecule has 12 heteroatoms. The Labute approximate surface area is 229 Å². The van der Waals surface area contributed by atoms with Gasteiger partial charge in [-0.2, -0.15) is 26.3 Å². The summed E-state index contributed by atoms with van der Waals surface area (Å²) in [7, 11) is 2.89. The average Bonchev–Trinajstić information content (AvgIpc) is 2.86. The van der Waals surface area contributed by atoms with Gasteiger partial charge in [0, 0.05) is 24.6 Å². The minimum Gasteiger partial charge on any atom is -0.493 e. The van der Waals surface area contributed by atoms with Crippen LogP contribution in [0.1, 0.15) is 64.4 Å². The number of ether oxygens (including phenoxy) is 2. The van der Waals surface area contributed by atoms with Gasteiger partial charge in [0.05, 0.1) is 19.8 Å². The van der Waals surface area contributed by atoms with Crippen molar-refractivity contribution in [3.63, 3.8) is 0 Å². The van der Waals surface area contributed by atoms with Crippen molar-refractivity contribution in [2.24, 2.45) is 11.3 Å². The molecule has 224 valence electrons. The number of benzene rings is 1. The summed E-state index contributed by atoms with van der Waals surface area (Å²) in [5.74, 6) is -2.77. The van der Waals surface area contributed by atoms with Crippen molar-refractivity contribution in [1.82, 2.24) is 10.6 Å². The molecule has 1 aromatic rings. The van der Waals surface area contributed by atoms with Crippen LogP contribution in [0.5, 0.6) is 11.5 Å². The first-order valence-corrected chi connectivity index (χ1v) is 13.2. The second-order valence-electron chi connectivity index (χ2n) is 11.2. The highest BCUT2D eigenvalue weighted by atomic mass is 19.4. The Morgan fingerprint density at radius 1 is 0.950 bits per heavy atom. The Kier molecular flexibility index (Phi) is 9.40. The van der Waals surface area contributed by atoms with Crippen LogP contribution in [0.25, 0.3) is 0 Å². The van der Waals surface area contributed by atoms with E-state index in [-0.39, 0.29) is 32.2 Å². The molecule has 0 unspecified atom stereocenters. The lowest BCUT2D eigenvalue weighted by molar-refractivity contribution is -0.293. The number of rotatable bonds is 9. The van der Waals surface area contributed by atoms with Crippen molar-refractivity contribution >= 4 is 11.7 Å². The lowest BCUT2D eigenvalue weighted by Gasteiger charge is -2.44. The second kappa shape index (κ2) is 11.9. The second-order valence-corrected chi connectivity index (χ2v) is 11.2. The van der Waals surface area contributed by atoms with E-state index in [4.69, 9.17) is 9.47 Å². The Balaban J connectivity index is 2.06. The molecule has 0 atom stereocenters. The Bertz CT molecular complexity index is 1110. The van der Waals surface area contributed by atoms with Crippen molar-refractivity contribution in [2.45, 2.75) is 83.1 Å². The van der Waals surface area contributed by atoms with Crippen molar-refractivity contribution < 1.29 is 45.4 Å². The zero-order chi connectivity index (χ0) is 29.9. The normalized spacial score (nSPS) is 18.9. The number of allylic oxidation sites excluding steroid dienone is 1. The maximum Gasteiger partial charge on any atom is 0.425 e. The predicted octanol–water partition coefficient (Wildman–Crippen LogP) is 6.04. The number of halogens is 6. The van der Waals surface area contributed by atoms with Crippen LogP contribution < -0.4 is 20.1 Å². The average molecular weight is 579 g/mol. The maximum absolute atomic E-state index is 14.7. The molecule has 3 rings (SSSR count). The van der Waals surface area contributed by atoms with Crippen molar-refractivity contribution in [1.29, 1.82) is 0 Å². The van der Waals surface area contributed by atoms with Gasteiger partial charge in [0.15, 0.2) is 17.3 Å². The minimum absolute atomic E-state index is 0.0694. The quantitative estimate of drug-likeness (QED) is 0.350. The fourth-order valence-electron chi connectivity index (χ4n) is 5.60. The van der Waals surface area contributed by atoms with Gasteiger partial charge in [0.1, 0.15) is 0 Å². The smallest absolute Gasteiger partial charge is 0.425 e. The van der Waals surface area contributed by atoms with Crippen LogP contribution >= 0.6 is 0 Å². The van der Waals surface area contributed by atoms with Crippen molar-refractivity contribution in [3.8, 4) is 11.5 Å². The summed E-state index contributed by atoms with van der Waals surface area (Å²) in [6, 6.07) is 4.96. The summed E-state index contributed by atoms with van der Waals surface area (Å²) < 4.78 is 98.6. The van der Waals surface area contributed by atoms with Crippen LogP contribution in [0.15, 0.2) is 29.5 Å². The van der Waals surface area contributed by atoms with E-state index in [0.717, 1.165) is 6.42 Å². The molecule has 1 aromatic carbocycles. The largest absolute Gasteiger partial charge is 0.493 e. The lowest BCUT2D eigenvalue weighted by atomic mass is 9.69. The third-order valence-corrected chi connectivity index (χ3v) is 7.59. The Morgan fingerprint density at radius 2 is 1.55 bits per heavy atom. The first-order valence-electron chi connectivity index (χ1n) is 13.2. The van der Waals surface area contributed by atoms with Gasteiger partial charge < -0.3 is 20.1 Å². The highest BCUT2D eigenvalue weighted by Crippen LogP contribution is 2.52. The molecule has 0 saturated heterocycles. The molecule has 2 N–H and O–H groups in total. The van der Waals surface area contributed by atoms with E-state index in [2.05, 4.69) is 5.32 Å². The summed E-state index contributed by atoms with van der Waals surface area (Å²) in [5.41, 5.74) is -7.02. The van der Waals surface area contributed by atoms with Gasteiger partial charge in [-0.25, -0.2) is 0 Å². The molecule has 2 aliphatic rings. The number of nitrogens with one attached hydrogen (secondary N) is 2. The minimum atomic E-state index is -6.03.